The quantitative estimate of drug-likeness (QED) is 0.705. The number of anilines is 2. The standard InChI is InChI=1S/C22H25N5/c1-2-5-18(6-3-1)8-11-27-12-10-24-21-13-22(26-16-20(21)17-27)25-15-19-7-4-9-23-14-19/h1-7,9,13-14,16,24H,8,10-12,15,17H2,(H,25,26). The summed E-state index contributed by atoms with van der Waals surface area (Å²) in [6.45, 7) is 4.72. The Hall–Kier alpha value is -2.92. The van der Waals surface area contributed by atoms with E-state index in [4.69, 9.17) is 0 Å². The second-order valence-corrected chi connectivity index (χ2v) is 6.88. The highest BCUT2D eigenvalue weighted by molar-refractivity contribution is 5.58. The Morgan fingerprint density at radius 3 is 2.78 bits per heavy atom. The first-order chi connectivity index (χ1) is 13.4. The molecule has 0 atom stereocenters. The summed E-state index contributed by atoms with van der Waals surface area (Å²) in [5.74, 6) is 0.892. The van der Waals surface area contributed by atoms with Gasteiger partial charge in [0, 0.05) is 68.6 Å². The van der Waals surface area contributed by atoms with Gasteiger partial charge in [0.15, 0.2) is 0 Å². The van der Waals surface area contributed by atoms with Gasteiger partial charge in [0.1, 0.15) is 5.82 Å². The summed E-state index contributed by atoms with van der Waals surface area (Å²) in [5.41, 5.74) is 4.98. The number of benzene rings is 1. The van der Waals surface area contributed by atoms with Crippen LogP contribution in [0.2, 0.25) is 0 Å². The van der Waals surface area contributed by atoms with E-state index in [2.05, 4.69) is 68.0 Å². The lowest BCUT2D eigenvalue weighted by Crippen LogP contribution is -2.28. The fourth-order valence-electron chi connectivity index (χ4n) is 3.36. The van der Waals surface area contributed by atoms with Gasteiger partial charge in [0.05, 0.1) is 0 Å². The Kier molecular flexibility index (Phi) is 5.60. The molecule has 138 valence electrons. The van der Waals surface area contributed by atoms with Crippen molar-refractivity contribution < 1.29 is 0 Å². The van der Waals surface area contributed by atoms with E-state index in [1.54, 1.807) is 6.20 Å². The minimum Gasteiger partial charge on any atom is -0.383 e. The first kappa shape index (κ1) is 17.5. The van der Waals surface area contributed by atoms with Crippen LogP contribution in [0, 0.1) is 0 Å². The molecule has 4 rings (SSSR count). The van der Waals surface area contributed by atoms with Crippen LogP contribution in [0.4, 0.5) is 11.5 Å². The Morgan fingerprint density at radius 1 is 1.04 bits per heavy atom. The van der Waals surface area contributed by atoms with Gasteiger partial charge in [-0.05, 0) is 23.6 Å². The molecule has 1 aromatic carbocycles. The second-order valence-electron chi connectivity index (χ2n) is 6.88. The van der Waals surface area contributed by atoms with Crippen LogP contribution in [-0.2, 0) is 19.5 Å². The van der Waals surface area contributed by atoms with E-state index in [9.17, 15) is 0 Å². The van der Waals surface area contributed by atoms with Crippen LogP contribution in [-0.4, -0.2) is 34.5 Å². The zero-order chi connectivity index (χ0) is 18.3. The molecule has 0 unspecified atom stereocenters. The van der Waals surface area contributed by atoms with Crippen molar-refractivity contribution in [2.75, 3.05) is 30.3 Å². The average molecular weight is 359 g/mol. The van der Waals surface area contributed by atoms with Crippen LogP contribution < -0.4 is 10.6 Å². The molecule has 2 N–H and O–H groups in total. The van der Waals surface area contributed by atoms with E-state index in [1.165, 1.54) is 16.8 Å². The predicted octanol–water partition coefficient (Wildman–Crippen LogP) is 3.56. The van der Waals surface area contributed by atoms with E-state index in [0.717, 1.165) is 50.5 Å². The molecule has 0 aliphatic carbocycles. The number of hydrogen-bond acceptors (Lipinski definition) is 5. The molecule has 0 saturated carbocycles. The molecule has 3 heterocycles. The lowest BCUT2D eigenvalue weighted by Gasteiger charge is -2.19. The Bertz CT molecular complexity index is 851. The summed E-state index contributed by atoms with van der Waals surface area (Å²) in [6, 6.07) is 16.8. The number of rotatable bonds is 6. The van der Waals surface area contributed by atoms with Crippen molar-refractivity contribution >= 4 is 11.5 Å². The topological polar surface area (TPSA) is 53.1 Å². The minimum atomic E-state index is 0.725. The van der Waals surface area contributed by atoms with Crippen LogP contribution in [0.25, 0.3) is 0 Å². The monoisotopic (exact) mass is 359 g/mol. The van der Waals surface area contributed by atoms with Crippen molar-refractivity contribution in [1.82, 2.24) is 14.9 Å². The van der Waals surface area contributed by atoms with Crippen LogP contribution in [0.15, 0.2) is 67.1 Å². The van der Waals surface area contributed by atoms with Crippen molar-refractivity contribution in [2.24, 2.45) is 0 Å². The molecule has 0 spiro atoms. The van der Waals surface area contributed by atoms with Gasteiger partial charge in [-0.3, -0.25) is 9.88 Å². The Morgan fingerprint density at radius 2 is 1.93 bits per heavy atom. The number of hydrogen-bond donors (Lipinski definition) is 2. The molecule has 0 amide bonds. The molecule has 1 aliphatic heterocycles. The fraction of sp³-hybridized carbons (Fsp3) is 0.273. The minimum absolute atomic E-state index is 0.725. The van der Waals surface area contributed by atoms with Crippen molar-refractivity contribution in [3.63, 3.8) is 0 Å². The summed E-state index contributed by atoms with van der Waals surface area (Å²) in [4.78, 5) is 11.2. The molecular formula is C22H25N5. The third kappa shape index (κ3) is 4.83. The fourth-order valence-corrected chi connectivity index (χ4v) is 3.36. The van der Waals surface area contributed by atoms with Crippen molar-refractivity contribution in [1.29, 1.82) is 0 Å². The Balaban J connectivity index is 1.37. The van der Waals surface area contributed by atoms with Gasteiger partial charge in [0.25, 0.3) is 0 Å². The van der Waals surface area contributed by atoms with Gasteiger partial charge in [-0.1, -0.05) is 36.4 Å². The molecular weight excluding hydrogens is 334 g/mol. The summed E-state index contributed by atoms with van der Waals surface area (Å²) in [5, 5.41) is 6.94. The van der Waals surface area contributed by atoms with Crippen LogP contribution in [0.5, 0.6) is 0 Å². The van der Waals surface area contributed by atoms with Gasteiger partial charge in [-0.15, -0.1) is 0 Å². The van der Waals surface area contributed by atoms with Crippen molar-refractivity contribution in [3.05, 3.63) is 83.8 Å². The highest BCUT2D eigenvalue weighted by Crippen LogP contribution is 2.23. The maximum absolute atomic E-state index is 4.60. The third-order valence-corrected chi connectivity index (χ3v) is 4.88. The number of fused-ring (bicyclic) bond motifs is 1. The number of aromatic nitrogens is 2. The van der Waals surface area contributed by atoms with Gasteiger partial charge in [-0.2, -0.15) is 0 Å². The van der Waals surface area contributed by atoms with Crippen LogP contribution in [0.3, 0.4) is 0 Å². The highest BCUT2D eigenvalue weighted by Gasteiger charge is 2.15. The molecule has 0 bridgehead atoms. The average Bonchev–Trinajstić information content (AvgIpc) is 2.94. The number of nitrogens with one attached hydrogen (secondary N) is 2. The molecule has 3 aromatic rings. The molecule has 27 heavy (non-hydrogen) atoms. The first-order valence-corrected chi connectivity index (χ1v) is 9.49. The maximum atomic E-state index is 4.60. The van der Waals surface area contributed by atoms with E-state index in [-0.39, 0.29) is 0 Å². The lowest BCUT2D eigenvalue weighted by molar-refractivity contribution is 0.284. The van der Waals surface area contributed by atoms with E-state index >= 15 is 0 Å². The van der Waals surface area contributed by atoms with E-state index < -0.39 is 0 Å². The Labute approximate surface area is 160 Å². The van der Waals surface area contributed by atoms with Crippen LogP contribution in [0.1, 0.15) is 16.7 Å². The van der Waals surface area contributed by atoms with Crippen molar-refractivity contribution in [2.45, 2.75) is 19.5 Å². The van der Waals surface area contributed by atoms with Gasteiger partial charge in [0.2, 0.25) is 0 Å². The van der Waals surface area contributed by atoms with Gasteiger partial charge >= 0.3 is 0 Å². The molecule has 0 radical (unpaired) electrons. The molecule has 5 heteroatoms. The zero-order valence-electron chi connectivity index (χ0n) is 15.4. The van der Waals surface area contributed by atoms with Crippen molar-refractivity contribution in [3.8, 4) is 0 Å². The van der Waals surface area contributed by atoms with E-state index in [0.29, 0.717) is 0 Å². The highest BCUT2D eigenvalue weighted by atomic mass is 15.2. The molecule has 0 saturated heterocycles. The summed E-state index contributed by atoms with van der Waals surface area (Å²) >= 11 is 0. The normalized spacial score (nSPS) is 14.1. The number of nitrogens with zero attached hydrogens (tertiary/aromatic N) is 3. The summed E-state index contributed by atoms with van der Waals surface area (Å²) in [7, 11) is 0. The maximum Gasteiger partial charge on any atom is 0.128 e. The largest absolute Gasteiger partial charge is 0.383 e. The smallest absolute Gasteiger partial charge is 0.128 e. The lowest BCUT2D eigenvalue weighted by atomic mass is 10.1. The van der Waals surface area contributed by atoms with Gasteiger partial charge in [-0.25, -0.2) is 4.98 Å². The third-order valence-electron chi connectivity index (χ3n) is 4.88. The zero-order valence-corrected chi connectivity index (χ0v) is 15.4. The SMILES string of the molecule is c1ccc(CCN2CCNc3cc(NCc4cccnc4)ncc3C2)cc1. The summed E-state index contributed by atoms with van der Waals surface area (Å²) < 4.78 is 0. The predicted molar refractivity (Wildman–Crippen MR) is 110 cm³/mol. The molecule has 2 aromatic heterocycles. The first-order valence-electron chi connectivity index (χ1n) is 9.49. The number of pyridine rings is 2. The summed E-state index contributed by atoms with van der Waals surface area (Å²) in [6.07, 6.45) is 6.74. The van der Waals surface area contributed by atoms with Crippen LogP contribution >= 0.6 is 0 Å². The van der Waals surface area contributed by atoms with Gasteiger partial charge < -0.3 is 10.6 Å². The van der Waals surface area contributed by atoms with E-state index in [1.807, 2.05) is 18.5 Å². The molecule has 5 nitrogen and oxygen atoms in total. The molecule has 1 aliphatic rings. The second kappa shape index (κ2) is 8.64. The molecule has 0 fully saturated rings.